The number of hydrogen-bond donors (Lipinski definition) is 1. The van der Waals surface area contributed by atoms with Crippen molar-refractivity contribution in [2.45, 2.75) is 19.8 Å². The zero-order chi connectivity index (χ0) is 13.2. The summed E-state index contributed by atoms with van der Waals surface area (Å²) in [5, 5.41) is 4.24. The van der Waals surface area contributed by atoms with Crippen LogP contribution in [0.1, 0.15) is 33.7 Å². The van der Waals surface area contributed by atoms with Crippen LogP contribution in [0.3, 0.4) is 0 Å². The van der Waals surface area contributed by atoms with Gasteiger partial charge in [0.1, 0.15) is 5.76 Å². The number of carbonyl (C=O) groups excluding carboxylic acids is 1. The normalized spacial score (nSPS) is 15.5. The predicted molar refractivity (Wildman–Crippen MR) is 72.2 cm³/mol. The third-order valence-corrected chi connectivity index (χ3v) is 3.36. The van der Waals surface area contributed by atoms with E-state index in [2.05, 4.69) is 16.6 Å². The van der Waals surface area contributed by atoms with Crippen LogP contribution in [-0.4, -0.2) is 11.6 Å². The molecule has 1 heterocycles. The summed E-state index contributed by atoms with van der Waals surface area (Å²) in [5.41, 5.74) is 6.48. The quantitative estimate of drug-likeness (QED) is 0.838. The van der Waals surface area contributed by atoms with E-state index in [0.717, 1.165) is 24.1 Å². The van der Waals surface area contributed by atoms with E-state index in [1.54, 1.807) is 13.0 Å². The lowest BCUT2D eigenvalue weighted by Gasteiger charge is -2.01. The van der Waals surface area contributed by atoms with Gasteiger partial charge in [-0.3, -0.25) is 4.79 Å². The molecule has 1 amide bonds. The smallest absolute Gasteiger partial charge is 0.274 e. The van der Waals surface area contributed by atoms with Crippen molar-refractivity contribution >= 4 is 11.6 Å². The highest BCUT2D eigenvalue weighted by Gasteiger charge is 2.17. The first-order chi connectivity index (χ1) is 9.25. The number of benzene rings is 1. The van der Waals surface area contributed by atoms with Gasteiger partial charge in [0.05, 0.1) is 17.5 Å². The summed E-state index contributed by atoms with van der Waals surface area (Å²) < 4.78 is 5.10. The Balaban J connectivity index is 1.78. The number of aryl methyl sites for hydroxylation is 2. The van der Waals surface area contributed by atoms with Crippen molar-refractivity contribution in [3.05, 3.63) is 59.0 Å². The number of amides is 1. The molecule has 0 saturated carbocycles. The summed E-state index contributed by atoms with van der Waals surface area (Å²) in [6.45, 7) is 1.76. The van der Waals surface area contributed by atoms with Crippen molar-refractivity contribution in [2.75, 3.05) is 0 Å². The van der Waals surface area contributed by atoms with Crippen LogP contribution in [0.25, 0.3) is 0 Å². The first kappa shape index (κ1) is 11.7. The maximum Gasteiger partial charge on any atom is 0.274 e. The lowest BCUT2D eigenvalue weighted by molar-refractivity contribution is 0.0953. The predicted octanol–water partition coefficient (Wildman–Crippen LogP) is 2.67. The molecule has 1 aliphatic rings. The standard InChI is InChI=1S/C15H14N2O2/c1-10-12(8-9-19-10)15(18)17-16-14-7-6-11-4-2-3-5-13(11)14/h2-5,8-9H,6-7H2,1H3,(H,17,18)/b16-14-. The first-order valence-corrected chi connectivity index (χ1v) is 6.25. The van der Waals surface area contributed by atoms with Crippen molar-refractivity contribution < 1.29 is 9.21 Å². The van der Waals surface area contributed by atoms with E-state index >= 15 is 0 Å². The number of furan rings is 1. The minimum atomic E-state index is -0.233. The topological polar surface area (TPSA) is 54.6 Å². The highest BCUT2D eigenvalue weighted by molar-refractivity contribution is 6.05. The SMILES string of the molecule is Cc1occc1C(=O)N/N=C1/CCc2ccccc21. The Kier molecular flexibility index (Phi) is 2.91. The lowest BCUT2D eigenvalue weighted by atomic mass is 10.1. The molecule has 4 nitrogen and oxygen atoms in total. The van der Waals surface area contributed by atoms with Crippen molar-refractivity contribution in [1.29, 1.82) is 0 Å². The minimum absolute atomic E-state index is 0.233. The van der Waals surface area contributed by atoms with Crippen LogP contribution < -0.4 is 5.43 Å². The van der Waals surface area contributed by atoms with Gasteiger partial charge in [-0.25, -0.2) is 5.43 Å². The fourth-order valence-electron chi connectivity index (χ4n) is 2.32. The lowest BCUT2D eigenvalue weighted by Crippen LogP contribution is -2.19. The zero-order valence-corrected chi connectivity index (χ0v) is 10.6. The number of hydrogen-bond acceptors (Lipinski definition) is 3. The molecular weight excluding hydrogens is 240 g/mol. The minimum Gasteiger partial charge on any atom is -0.469 e. The van der Waals surface area contributed by atoms with E-state index in [1.807, 2.05) is 18.2 Å². The molecule has 0 aliphatic heterocycles. The van der Waals surface area contributed by atoms with Gasteiger partial charge in [0, 0.05) is 5.56 Å². The molecule has 0 bridgehead atoms. The molecule has 0 spiro atoms. The average Bonchev–Trinajstić information content (AvgIpc) is 3.02. The Morgan fingerprint density at radius 1 is 1.26 bits per heavy atom. The summed E-state index contributed by atoms with van der Waals surface area (Å²) in [6, 6.07) is 9.79. The van der Waals surface area contributed by atoms with Crippen LogP contribution in [0, 0.1) is 6.92 Å². The van der Waals surface area contributed by atoms with Gasteiger partial charge in [-0.1, -0.05) is 24.3 Å². The highest BCUT2D eigenvalue weighted by Crippen LogP contribution is 2.21. The Hall–Kier alpha value is -2.36. The van der Waals surface area contributed by atoms with Gasteiger partial charge in [-0.2, -0.15) is 5.10 Å². The summed E-state index contributed by atoms with van der Waals surface area (Å²) in [5.74, 6) is 0.368. The van der Waals surface area contributed by atoms with E-state index < -0.39 is 0 Å². The van der Waals surface area contributed by atoms with Crippen molar-refractivity contribution in [1.82, 2.24) is 5.43 Å². The molecule has 0 radical (unpaired) electrons. The van der Waals surface area contributed by atoms with Gasteiger partial charge >= 0.3 is 0 Å². The average molecular weight is 254 g/mol. The largest absolute Gasteiger partial charge is 0.469 e. The summed E-state index contributed by atoms with van der Waals surface area (Å²) >= 11 is 0. The molecule has 2 aromatic rings. The van der Waals surface area contributed by atoms with Crippen LogP contribution in [0.15, 0.2) is 46.1 Å². The van der Waals surface area contributed by atoms with Gasteiger partial charge < -0.3 is 4.42 Å². The molecule has 1 aromatic carbocycles. The second-order valence-electron chi connectivity index (χ2n) is 4.55. The summed E-state index contributed by atoms with van der Waals surface area (Å²) in [6.07, 6.45) is 3.35. The molecule has 1 N–H and O–H groups in total. The molecule has 4 heteroatoms. The van der Waals surface area contributed by atoms with Gasteiger partial charge in [0.25, 0.3) is 5.91 Å². The summed E-state index contributed by atoms with van der Waals surface area (Å²) in [7, 11) is 0. The number of nitrogens with zero attached hydrogens (tertiary/aromatic N) is 1. The van der Waals surface area contributed by atoms with Crippen LogP contribution >= 0.6 is 0 Å². The van der Waals surface area contributed by atoms with E-state index in [0.29, 0.717) is 11.3 Å². The fraction of sp³-hybridized carbons (Fsp3) is 0.200. The van der Waals surface area contributed by atoms with Crippen molar-refractivity contribution in [2.24, 2.45) is 5.10 Å². The molecule has 96 valence electrons. The Morgan fingerprint density at radius 2 is 2.11 bits per heavy atom. The number of fused-ring (bicyclic) bond motifs is 1. The maximum atomic E-state index is 11.9. The van der Waals surface area contributed by atoms with Crippen LogP contribution in [0.5, 0.6) is 0 Å². The molecule has 19 heavy (non-hydrogen) atoms. The van der Waals surface area contributed by atoms with E-state index in [9.17, 15) is 4.79 Å². The van der Waals surface area contributed by atoms with E-state index in [1.165, 1.54) is 11.8 Å². The summed E-state index contributed by atoms with van der Waals surface area (Å²) in [4.78, 5) is 11.9. The van der Waals surface area contributed by atoms with Gasteiger partial charge in [0.15, 0.2) is 0 Å². The molecular formula is C15H14N2O2. The molecule has 0 fully saturated rings. The van der Waals surface area contributed by atoms with E-state index in [-0.39, 0.29) is 5.91 Å². The molecule has 1 aromatic heterocycles. The van der Waals surface area contributed by atoms with Crippen LogP contribution in [0.4, 0.5) is 0 Å². The second-order valence-corrected chi connectivity index (χ2v) is 4.55. The number of carbonyl (C=O) groups is 1. The Labute approximate surface area is 111 Å². The van der Waals surface area contributed by atoms with Crippen molar-refractivity contribution in [3.63, 3.8) is 0 Å². The molecule has 0 saturated heterocycles. The molecule has 0 atom stereocenters. The molecule has 3 rings (SSSR count). The number of rotatable bonds is 2. The second kappa shape index (κ2) is 4.72. The van der Waals surface area contributed by atoms with Gasteiger partial charge in [0.2, 0.25) is 0 Å². The Morgan fingerprint density at radius 3 is 2.89 bits per heavy atom. The molecule has 1 aliphatic carbocycles. The van der Waals surface area contributed by atoms with Crippen molar-refractivity contribution in [3.8, 4) is 0 Å². The first-order valence-electron chi connectivity index (χ1n) is 6.25. The fourth-order valence-corrected chi connectivity index (χ4v) is 2.32. The van der Waals surface area contributed by atoms with Gasteiger partial charge in [-0.05, 0) is 31.4 Å². The third kappa shape index (κ3) is 2.17. The van der Waals surface area contributed by atoms with Crippen LogP contribution in [-0.2, 0) is 6.42 Å². The van der Waals surface area contributed by atoms with Crippen LogP contribution in [0.2, 0.25) is 0 Å². The highest BCUT2D eigenvalue weighted by atomic mass is 16.3. The molecule has 0 unspecified atom stereocenters. The number of nitrogens with one attached hydrogen (secondary N) is 1. The Bertz CT molecular complexity index is 656. The monoisotopic (exact) mass is 254 g/mol. The number of hydrazone groups is 1. The third-order valence-electron chi connectivity index (χ3n) is 3.36. The van der Waals surface area contributed by atoms with Gasteiger partial charge in [-0.15, -0.1) is 0 Å². The maximum absolute atomic E-state index is 11.9. The van der Waals surface area contributed by atoms with E-state index in [4.69, 9.17) is 4.42 Å². The zero-order valence-electron chi connectivity index (χ0n) is 10.6.